The number of nitrogens with one attached hydrogen (secondary N) is 1. The van der Waals surface area contributed by atoms with Crippen molar-refractivity contribution in [3.8, 4) is 0 Å². The minimum absolute atomic E-state index is 0.221. The van der Waals surface area contributed by atoms with Crippen molar-refractivity contribution in [2.75, 3.05) is 24.7 Å². The van der Waals surface area contributed by atoms with Crippen molar-refractivity contribution in [3.63, 3.8) is 0 Å². The van der Waals surface area contributed by atoms with Crippen molar-refractivity contribution < 1.29 is 28.6 Å². The van der Waals surface area contributed by atoms with Crippen LogP contribution in [0.1, 0.15) is 41.0 Å². The number of ether oxygens (including phenoxy) is 3. The van der Waals surface area contributed by atoms with Gasteiger partial charge in [-0.15, -0.1) is 0 Å². The number of thioether (sulfide) groups is 1. The molecule has 1 atom stereocenters. The quantitative estimate of drug-likeness (QED) is 0.387. The molecule has 0 bridgehead atoms. The van der Waals surface area contributed by atoms with Crippen LogP contribution in [-0.2, 0) is 23.8 Å². The first-order valence-corrected chi connectivity index (χ1v) is 8.74. The zero-order valence-electron chi connectivity index (χ0n) is 14.5. The molecule has 1 N–H and O–H groups in total. The fourth-order valence-electron chi connectivity index (χ4n) is 1.45. The SMILES string of the molecule is CCOC(=O)CCSC[C@H](NC(=O)OC(C)(C)C)C(=O)OCC. The summed E-state index contributed by atoms with van der Waals surface area (Å²) in [6.45, 7) is 9.21. The van der Waals surface area contributed by atoms with E-state index in [1.54, 1.807) is 34.6 Å². The van der Waals surface area contributed by atoms with Crippen LogP contribution >= 0.6 is 11.8 Å². The topological polar surface area (TPSA) is 90.9 Å². The number of hydrogen-bond donors (Lipinski definition) is 1. The summed E-state index contributed by atoms with van der Waals surface area (Å²) in [5, 5.41) is 2.50. The van der Waals surface area contributed by atoms with Gasteiger partial charge in [0.25, 0.3) is 0 Å². The zero-order valence-corrected chi connectivity index (χ0v) is 15.3. The van der Waals surface area contributed by atoms with Crippen molar-refractivity contribution in [2.45, 2.75) is 52.7 Å². The normalized spacial score (nSPS) is 12.2. The third-order valence-corrected chi connectivity index (χ3v) is 3.36. The third kappa shape index (κ3) is 11.7. The number of hydrogen-bond acceptors (Lipinski definition) is 7. The van der Waals surface area contributed by atoms with Crippen LogP contribution in [-0.4, -0.2) is 54.4 Å². The number of carbonyl (C=O) groups is 3. The van der Waals surface area contributed by atoms with E-state index in [0.717, 1.165) is 0 Å². The molecular weight excluding hydrogens is 322 g/mol. The second-order valence-electron chi connectivity index (χ2n) is 5.58. The number of amides is 1. The van der Waals surface area contributed by atoms with Crippen molar-refractivity contribution in [1.29, 1.82) is 0 Å². The monoisotopic (exact) mass is 349 g/mol. The first-order chi connectivity index (χ1) is 10.7. The largest absolute Gasteiger partial charge is 0.466 e. The minimum Gasteiger partial charge on any atom is -0.466 e. The van der Waals surface area contributed by atoms with E-state index in [1.165, 1.54) is 11.8 Å². The molecule has 0 aliphatic heterocycles. The molecule has 8 heteroatoms. The van der Waals surface area contributed by atoms with Gasteiger partial charge in [0.15, 0.2) is 0 Å². The summed E-state index contributed by atoms with van der Waals surface area (Å²) in [5.74, 6) is -0.0304. The molecule has 0 unspecified atom stereocenters. The summed E-state index contributed by atoms with van der Waals surface area (Å²) < 4.78 is 14.9. The van der Waals surface area contributed by atoms with Gasteiger partial charge in [-0.3, -0.25) is 4.79 Å². The Hall–Kier alpha value is -1.44. The average molecular weight is 349 g/mol. The first-order valence-electron chi connectivity index (χ1n) is 7.59. The Morgan fingerprint density at radius 3 is 2.22 bits per heavy atom. The fraction of sp³-hybridized carbons (Fsp3) is 0.800. The number of alkyl carbamates (subject to hydrolysis) is 1. The molecule has 0 spiro atoms. The van der Waals surface area contributed by atoms with Gasteiger partial charge >= 0.3 is 18.0 Å². The number of esters is 2. The molecule has 1 amide bonds. The van der Waals surface area contributed by atoms with Gasteiger partial charge in [0, 0.05) is 11.5 Å². The molecule has 0 heterocycles. The van der Waals surface area contributed by atoms with E-state index in [4.69, 9.17) is 14.2 Å². The molecule has 23 heavy (non-hydrogen) atoms. The molecule has 0 aliphatic rings. The maximum Gasteiger partial charge on any atom is 0.408 e. The molecule has 134 valence electrons. The standard InChI is InChI=1S/C15H27NO6S/c1-6-20-12(17)8-9-23-10-11(13(18)21-7-2)16-14(19)22-15(3,4)5/h11H,6-10H2,1-5H3,(H,16,19)/t11-/m0/s1. The van der Waals surface area contributed by atoms with E-state index in [2.05, 4.69) is 5.32 Å². The van der Waals surface area contributed by atoms with Crippen LogP contribution in [0.5, 0.6) is 0 Å². The second-order valence-corrected chi connectivity index (χ2v) is 6.73. The Morgan fingerprint density at radius 1 is 1.09 bits per heavy atom. The second kappa shape index (κ2) is 11.2. The van der Waals surface area contributed by atoms with Gasteiger partial charge in [0.1, 0.15) is 11.6 Å². The lowest BCUT2D eigenvalue weighted by Crippen LogP contribution is -2.45. The summed E-state index contributed by atoms with van der Waals surface area (Å²) in [6, 6.07) is -0.822. The molecule has 7 nitrogen and oxygen atoms in total. The third-order valence-electron chi connectivity index (χ3n) is 2.30. The molecule has 0 aromatic heterocycles. The highest BCUT2D eigenvalue weighted by Crippen LogP contribution is 2.10. The molecule has 0 saturated heterocycles. The van der Waals surface area contributed by atoms with Crippen LogP contribution in [0, 0.1) is 0 Å². The zero-order chi connectivity index (χ0) is 17.9. The van der Waals surface area contributed by atoms with Gasteiger partial charge < -0.3 is 19.5 Å². The lowest BCUT2D eigenvalue weighted by molar-refractivity contribution is -0.145. The molecule has 0 aromatic carbocycles. The Bertz CT molecular complexity index is 394. The maximum absolute atomic E-state index is 11.9. The van der Waals surface area contributed by atoms with Crippen LogP contribution in [0.4, 0.5) is 4.79 Å². The van der Waals surface area contributed by atoms with Crippen LogP contribution in [0.15, 0.2) is 0 Å². The minimum atomic E-state index is -0.822. The predicted octanol–water partition coefficient (Wildman–Crippen LogP) is 2.13. The van der Waals surface area contributed by atoms with E-state index in [9.17, 15) is 14.4 Å². The first kappa shape index (κ1) is 21.6. The summed E-state index contributed by atoms with van der Waals surface area (Å²) in [7, 11) is 0. The van der Waals surface area contributed by atoms with Crippen LogP contribution in [0.25, 0.3) is 0 Å². The lowest BCUT2D eigenvalue weighted by atomic mass is 10.2. The van der Waals surface area contributed by atoms with Crippen molar-refractivity contribution in [1.82, 2.24) is 5.32 Å². The Balaban J connectivity index is 4.38. The predicted molar refractivity (Wildman–Crippen MR) is 88.4 cm³/mol. The van der Waals surface area contributed by atoms with E-state index >= 15 is 0 Å². The summed E-state index contributed by atoms with van der Waals surface area (Å²) in [6.07, 6.45) is -0.429. The van der Waals surface area contributed by atoms with Gasteiger partial charge in [-0.25, -0.2) is 9.59 Å². The van der Waals surface area contributed by atoms with Gasteiger partial charge in [0.2, 0.25) is 0 Å². The van der Waals surface area contributed by atoms with Crippen LogP contribution in [0.2, 0.25) is 0 Å². The summed E-state index contributed by atoms with van der Waals surface area (Å²) in [4.78, 5) is 34.9. The van der Waals surface area contributed by atoms with Crippen LogP contribution in [0.3, 0.4) is 0 Å². The Morgan fingerprint density at radius 2 is 1.70 bits per heavy atom. The molecule has 0 radical (unpaired) electrons. The van der Waals surface area contributed by atoms with Gasteiger partial charge in [0.05, 0.1) is 19.6 Å². The lowest BCUT2D eigenvalue weighted by Gasteiger charge is -2.22. The van der Waals surface area contributed by atoms with Gasteiger partial charge in [-0.1, -0.05) is 0 Å². The Kier molecular flexibility index (Phi) is 10.5. The summed E-state index contributed by atoms with van der Waals surface area (Å²) in [5.41, 5.74) is -0.652. The highest BCUT2D eigenvalue weighted by molar-refractivity contribution is 7.99. The van der Waals surface area contributed by atoms with Crippen molar-refractivity contribution >= 4 is 29.8 Å². The molecule has 0 saturated carbocycles. The van der Waals surface area contributed by atoms with E-state index < -0.39 is 23.7 Å². The van der Waals surface area contributed by atoms with Crippen molar-refractivity contribution in [3.05, 3.63) is 0 Å². The summed E-state index contributed by atoms with van der Waals surface area (Å²) >= 11 is 1.36. The molecule has 0 aromatic rings. The van der Waals surface area contributed by atoms with E-state index in [0.29, 0.717) is 12.4 Å². The van der Waals surface area contributed by atoms with Crippen LogP contribution < -0.4 is 5.32 Å². The van der Waals surface area contributed by atoms with Gasteiger partial charge in [-0.2, -0.15) is 11.8 Å². The van der Waals surface area contributed by atoms with E-state index in [1.807, 2.05) is 0 Å². The molecular formula is C15H27NO6S. The highest BCUT2D eigenvalue weighted by atomic mass is 32.2. The Labute approximate surface area is 141 Å². The number of carbonyl (C=O) groups excluding carboxylic acids is 3. The smallest absolute Gasteiger partial charge is 0.408 e. The average Bonchev–Trinajstić information content (AvgIpc) is 2.40. The molecule has 0 aliphatic carbocycles. The fourth-order valence-corrected chi connectivity index (χ4v) is 2.38. The van der Waals surface area contributed by atoms with Gasteiger partial charge in [-0.05, 0) is 34.6 Å². The molecule has 0 rings (SSSR count). The van der Waals surface area contributed by atoms with Crippen molar-refractivity contribution in [2.24, 2.45) is 0 Å². The van der Waals surface area contributed by atoms with E-state index in [-0.39, 0.29) is 24.7 Å². The number of rotatable bonds is 9. The highest BCUT2D eigenvalue weighted by Gasteiger charge is 2.25. The maximum atomic E-state index is 11.9. The molecule has 0 fully saturated rings.